The SMILES string of the molecule is Nc1ncn(C2(N)OC(CO)C(O)C2O)c(=O)n1. The number of ether oxygens (including phenoxy) is 1. The Morgan fingerprint density at radius 2 is 2.22 bits per heavy atom. The van der Waals surface area contributed by atoms with E-state index in [0.717, 1.165) is 6.33 Å². The summed E-state index contributed by atoms with van der Waals surface area (Å²) in [5, 5.41) is 28.4. The Labute approximate surface area is 100 Å². The van der Waals surface area contributed by atoms with Crippen LogP contribution in [0.3, 0.4) is 0 Å². The van der Waals surface area contributed by atoms with Gasteiger partial charge in [0.25, 0.3) is 0 Å². The Balaban J connectivity index is 2.46. The number of hydrogen-bond donors (Lipinski definition) is 5. The van der Waals surface area contributed by atoms with Crippen LogP contribution in [-0.2, 0) is 10.6 Å². The van der Waals surface area contributed by atoms with Gasteiger partial charge in [-0.15, -0.1) is 0 Å². The van der Waals surface area contributed by atoms with E-state index in [-0.39, 0.29) is 5.95 Å². The Morgan fingerprint density at radius 1 is 1.56 bits per heavy atom. The Hall–Kier alpha value is -1.59. The van der Waals surface area contributed by atoms with Crippen LogP contribution in [0.1, 0.15) is 0 Å². The molecule has 1 saturated heterocycles. The molecule has 0 amide bonds. The summed E-state index contributed by atoms with van der Waals surface area (Å²) in [5.74, 6) is -2.32. The summed E-state index contributed by atoms with van der Waals surface area (Å²) in [5.41, 5.74) is 10.1. The summed E-state index contributed by atoms with van der Waals surface area (Å²) >= 11 is 0. The summed E-state index contributed by atoms with van der Waals surface area (Å²) in [6, 6.07) is 0. The van der Waals surface area contributed by atoms with Crippen molar-refractivity contribution < 1.29 is 20.1 Å². The van der Waals surface area contributed by atoms with Crippen molar-refractivity contribution in [2.45, 2.75) is 24.2 Å². The lowest BCUT2D eigenvalue weighted by Gasteiger charge is -2.28. The lowest BCUT2D eigenvalue weighted by molar-refractivity contribution is -0.146. The molecule has 1 fully saturated rings. The Morgan fingerprint density at radius 3 is 2.72 bits per heavy atom. The molecule has 0 bridgehead atoms. The van der Waals surface area contributed by atoms with Gasteiger partial charge in [0.05, 0.1) is 6.61 Å². The van der Waals surface area contributed by atoms with Gasteiger partial charge in [-0.05, 0) is 0 Å². The first kappa shape index (κ1) is 12.9. The molecule has 0 aliphatic carbocycles. The zero-order valence-corrected chi connectivity index (χ0v) is 9.17. The van der Waals surface area contributed by atoms with E-state index in [1.54, 1.807) is 0 Å². The molecule has 18 heavy (non-hydrogen) atoms. The van der Waals surface area contributed by atoms with Gasteiger partial charge in [-0.1, -0.05) is 0 Å². The molecule has 0 radical (unpaired) electrons. The van der Waals surface area contributed by atoms with Crippen molar-refractivity contribution in [1.29, 1.82) is 0 Å². The highest BCUT2D eigenvalue weighted by molar-refractivity contribution is 5.10. The molecule has 1 aliphatic rings. The highest BCUT2D eigenvalue weighted by Crippen LogP contribution is 2.29. The van der Waals surface area contributed by atoms with Crippen molar-refractivity contribution in [3.05, 3.63) is 16.8 Å². The van der Waals surface area contributed by atoms with Crippen LogP contribution in [0.5, 0.6) is 0 Å². The van der Waals surface area contributed by atoms with Gasteiger partial charge in [0.2, 0.25) is 11.8 Å². The van der Waals surface area contributed by atoms with E-state index < -0.39 is 36.5 Å². The molecule has 0 aromatic carbocycles. The predicted octanol–water partition coefficient (Wildman–Crippen LogP) is -4.10. The maximum Gasteiger partial charge on any atom is 0.355 e. The van der Waals surface area contributed by atoms with Gasteiger partial charge in [0, 0.05) is 0 Å². The molecule has 1 aliphatic heterocycles. The lowest BCUT2D eigenvalue weighted by atomic mass is 10.1. The summed E-state index contributed by atoms with van der Waals surface area (Å²) in [6.45, 7) is -0.568. The lowest BCUT2D eigenvalue weighted by Crippen LogP contribution is -2.57. The minimum atomic E-state index is -2.06. The second kappa shape index (κ2) is 4.26. The number of aliphatic hydroxyl groups is 3. The molecule has 4 atom stereocenters. The molecule has 2 heterocycles. The quantitative estimate of drug-likeness (QED) is 0.354. The topological polar surface area (TPSA) is 170 Å². The van der Waals surface area contributed by atoms with Gasteiger partial charge < -0.3 is 25.8 Å². The molecular weight excluding hydrogens is 246 g/mol. The second-order valence-corrected chi connectivity index (χ2v) is 3.89. The summed E-state index contributed by atoms with van der Waals surface area (Å²) in [6.07, 6.45) is -3.24. The Bertz CT molecular complexity index is 507. The molecule has 2 rings (SSSR count). The van der Waals surface area contributed by atoms with E-state index >= 15 is 0 Å². The minimum Gasteiger partial charge on any atom is -0.394 e. The summed E-state index contributed by atoms with van der Waals surface area (Å²) < 4.78 is 5.80. The molecule has 0 saturated carbocycles. The third kappa shape index (κ3) is 1.76. The number of aliphatic hydroxyl groups excluding tert-OH is 3. The highest BCUT2D eigenvalue weighted by Gasteiger charge is 2.53. The number of nitrogen functional groups attached to an aromatic ring is 1. The zero-order valence-electron chi connectivity index (χ0n) is 9.17. The maximum absolute atomic E-state index is 11.6. The maximum atomic E-state index is 11.6. The molecule has 10 heteroatoms. The average Bonchev–Trinajstić information content (AvgIpc) is 2.54. The van der Waals surface area contributed by atoms with Gasteiger partial charge in [0.15, 0.2) is 0 Å². The van der Waals surface area contributed by atoms with Crippen LogP contribution in [0.15, 0.2) is 11.1 Å². The summed E-state index contributed by atoms with van der Waals surface area (Å²) in [4.78, 5) is 18.5. The van der Waals surface area contributed by atoms with Crippen molar-refractivity contribution in [1.82, 2.24) is 14.5 Å². The van der Waals surface area contributed by atoms with E-state index in [1.807, 2.05) is 0 Å². The van der Waals surface area contributed by atoms with E-state index in [0.29, 0.717) is 4.57 Å². The van der Waals surface area contributed by atoms with Gasteiger partial charge in [-0.3, -0.25) is 5.73 Å². The number of nitrogens with zero attached hydrogens (tertiary/aromatic N) is 3. The van der Waals surface area contributed by atoms with Crippen molar-refractivity contribution >= 4 is 5.95 Å². The number of nitrogens with two attached hydrogens (primary N) is 2. The molecule has 7 N–H and O–H groups in total. The zero-order chi connectivity index (χ0) is 13.5. The van der Waals surface area contributed by atoms with Gasteiger partial charge in [0.1, 0.15) is 24.6 Å². The predicted molar refractivity (Wildman–Crippen MR) is 56.8 cm³/mol. The molecule has 100 valence electrons. The van der Waals surface area contributed by atoms with E-state index in [1.165, 1.54) is 0 Å². The largest absolute Gasteiger partial charge is 0.394 e. The third-order valence-electron chi connectivity index (χ3n) is 2.75. The second-order valence-electron chi connectivity index (χ2n) is 3.89. The van der Waals surface area contributed by atoms with Crippen LogP contribution in [-0.4, -0.2) is 54.8 Å². The van der Waals surface area contributed by atoms with Gasteiger partial charge in [-0.25, -0.2) is 14.3 Å². The number of anilines is 1. The normalized spacial score (nSPS) is 35.9. The van der Waals surface area contributed by atoms with Crippen LogP contribution in [0, 0.1) is 0 Å². The van der Waals surface area contributed by atoms with Crippen LogP contribution >= 0.6 is 0 Å². The standard InChI is InChI=1S/C8H13N5O5/c9-6-11-2-13(7(17)12-6)8(10)5(16)4(15)3(1-14)18-8/h2-5,14-16H,1,10H2,(H2,9,12,17). The van der Waals surface area contributed by atoms with Crippen LogP contribution in [0.2, 0.25) is 0 Å². The molecule has 1 aromatic rings. The molecular formula is C8H13N5O5. The van der Waals surface area contributed by atoms with E-state index in [4.69, 9.17) is 21.3 Å². The van der Waals surface area contributed by atoms with Crippen LogP contribution < -0.4 is 17.2 Å². The average molecular weight is 259 g/mol. The fourth-order valence-electron chi connectivity index (χ4n) is 1.76. The monoisotopic (exact) mass is 259 g/mol. The van der Waals surface area contributed by atoms with E-state index in [2.05, 4.69) is 9.97 Å². The first-order valence-corrected chi connectivity index (χ1v) is 5.05. The van der Waals surface area contributed by atoms with Gasteiger partial charge >= 0.3 is 5.69 Å². The first-order valence-electron chi connectivity index (χ1n) is 5.05. The van der Waals surface area contributed by atoms with Crippen molar-refractivity contribution in [3.8, 4) is 0 Å². The fraction of sp³-hybridized carbons (Fsp3) is 0.625. The fourth-order valence-corrected chi connectivity index (χ4v) is 1.76. The number of aromatic nitrogens is 3. The van der Waals surface area contributed by atoms with Crippen LogP contribution in [0.4, 0.5) is 5.95 Å². The number of rotatable bonds is 2. The smallest absolute Gasteiger partial charge is 0.355 e. The highest BCUT2D eigenvalue weighted by atomic mass is 16.6. The van der Waals surface area contributed by atoms with Crippen molar-refractivity contribution in [2.24, 2.45) is 5.73 Å². The molecule has 10 nitrogen and oxygen atoms in total. The molecule has 4 unspecified atom stereocenters. The van der Waals surface area contributed by atoms with Crippen molar-refractivity contribution in [2.75, 3.05) is 12.3 Å². The molecule has 0 spiro atoms. The summed E-state index contributed by atoms with van der Waals surface area (Å²) in [7, 11) is 0. The Kier molecular flexibility index (Phi) is 3.04. The van der Waals surface area contributed by atoms with Crippen LogP contribution in [0.25, 0.3) is 0 Å². The van der Waals surface area contributed by atoms with Crippen molar-refractivity contribution in [3.63, 3.8) is 0 Å². The third-order valence-corrected chi connectivity index (χ3v) is 2.75. The van der Waals surface area contributed by atoms with Gasteiger partial charge in [-0.2, -0.15) is 4.98 Å². The number of hydrogen-bond acceptors (Lipinski definition) is 9. The minimum absolute atomic E-state index is 0.258. The first-order chi connectivity index (χ1) is 8.40. The van der Waals surface area contributed by atoms with E-state index in [9.17, 15) is 15.0 Å². The molecule has 1 aromatic heterocycles.